The van der Waals surface area contributed by atoms with Crippen molar-refractivity contribution in [2.75, 3.05) is 26.2 Å². The number of terminal acetylenes is 1. The third-order valence-corrected chi connectivity index (χ3v) is 6.46. The second-order valence-corrected chi connectivity index (χ2v) is 8.94. The normalized spacial score (nSPS) is 19.2. The van der Waals surface area contributed by atoms with E-state index in [0.29, 0.717) is 31.8 Å². The predicted octanol–water partition coefficient (Wildman–Crippen LogP) is 1.53. The SMILES string of the molecule is C#CC(CC(=O)OCc1oc(=O)oc1C)NC(=O)[C@@H]1CCCN(C(=O)CCC2CCNCC2)C1.Cl. The van der Waals surface area contributed by atoms with E-state index in [1.165, 1.54) is 6.92 Å². The molecular weight excluding hydrogens is 478 g/mol. The van der Waals surface area contributed by atoms with Gasteiger partial charge in [0.25, 0.3) is 0 Å². The van der Waals surface area contributed by atoms with Crippen LogP contribution in [0.3, 0.4) is 0 Å². The average molecular weight is 512 g/mol. The van der Waals surface area contributed by atoms with Crippen molar-refractivity contribution >= 4 is 30.2 Å². The first kappa shape index (κ1) is 28.5. The molecule has 2 aliphatic heterocycles. The van der Waals surface area contributed by atoms with Crippen LogP contribution in [0.2, 0.25) is 0 Å². The lowest BCUT2D eigenvalue weighted by Gasteiger charge is -2.33. The quantitative estimate of drug-likeness (QED) is 0.377. The monoisotopic (exact) mass is 511 g/mol. The summed E-state index contributed by atoms with van der Waals surface area (Å²) in [6.07, 6.45) is 10.3. The highest BCUT2D eigenvalue weighted by Crippen LogP contribution is 2.22. The summed E-state index contributed by atoms with van der Waals surface area (Å²) in [7, 11) is 0. The summed E-state index contributed by atoms with van der Waals surface area (Å²) < 4.78 is 14.6. The van der Waals surface area contributed by atoms with E-state index in [0.717, 1.165) is 38.8 Å². The summed E-state index contributed by atoms with van der Waals surface area (Å²) in [5, 5.41) is 6.04. The van der Waals surface area contributed by atoms with E-state index in [1.54, 1.807) is 4.90 Å². The first-order valence-electron chi connectivity index (χ1n) is 11.9. The zero-order valence-electron chi connectivity index (χ0n) is 20.0. The molecule has 2 fully saturated rings. The van der Waals surface area contributed by atoms with E-state index >= 15 is 0 Å². The van der Waals surface area contributed by atoms with Gasteiger partial charge >= 0.3 is 11.8 Å². The number of carbonyl (C=O) groups is 3. The van der Waals surface area contributed by atoms with Gasteiger partial charge in [0.15, 0.2) is 18.1 Å². The molecule has 1 aromatic rings. The maximum Gasteiger partial charge on any atom is 0.519 e. The van der Waals surface area contributed by atoms with Gasteiger partial charge in [0.1, 0.15) is 6.04 Å². The molecule has 10 nitrogen and oxygen atoms in total. The number of aryl methyl sites for hydroxylation is 1. The Kier molecular flexibility index (Phi) is 11.3. The zero-order valence-corrected chi connectivity index (χ0v) is 20.8. The number of hydrogen-bond acceptors (Lipinski definition) is 8. The third kappa shape index (κ3) is 8.75. The fourth-order valence-electron chi connectivity index (χ4n) is 4.39. The van der Waals surface area contributed by atoms with Crippen LogP contribution in [0.15, 0.2) is 13.6 Å². The highest BCUT2D eigenvalue weighted by atomic mass is 35.5. The Balaban J connectivity index is 0.00000432. The minimum atomic E-state index is -0.872. The smallest absolute Gasteiger partial charge is 0.457 e. The number of rotatable bonds is 9. The molecule has 2 saturated heterocycles. The molecule has 0 saturated carbocycles. The number of esters is 1. The maximum absolute atomic E-state index is 12.8. The molecule has 35 heavy (non-hydrogen) atoms. The van der Waals surface area contributed by atoms with Crippen molar-refractivity contribution in [1.29, 1.82) is 0 Å². The molecule has 2 aliphatic rings. The second kappa shape index (κ2) is 14.0. The number of carbonyl (C=O) groups excluding carboxylic acids is 3. The highest BCUT2D eigenvalue weighted by Gasteiger charge is 2.30. The van der Waals surface area contributed by atoms with Crippen LogP contribution in [0.25, 0.3) is 0 Å². The van der Waals surface area contributed by atoms with Crippen molar-refractivity contribution in [3.8, 4) is 12.3 Å². The highest BCUT2D eigenvalue weighted by molar-refractivity contribution is 5.85. The van der Waals surface area contributed by atoms with Crippen molar-refractivity contribution in [1.82, 2.24) is 15.5 Å². The minimum Gasteiger partial charge on any atom is -0.457 e. The topological polar surface area (TPSA) is 131 Å². The Bertz CT molecular complexity index is 961. The Morgan fingerprint density at radius 2 is 2.00 bits per heavy atom. The first-order chi connectivity index (χ1) is 16.4. The van der Waals surface area contributed by atoms with Gasteiger partial charge in [0, 0.05) is 19.5 Å². The van der Waals surface area contributed by atoms with Crippen molar-refractivity contribution in [3.63, 3.8) is 0 Å². The molecule has 11 heteroatoms. The fourth-order valence-corrected chi connectivity index (χ4v) is 4.39. The molecular formula is C24H34ClN3O7. The zero-order chi connectivity index (χ0) is 24.5. The Morgan fingerprint density at radius 1 is 1.26 bits per heavy atom. The van der Waals surface area contributed by atoms with E-state index in [4.69, 9.17) is 20.0 Å². The Hall–Kier alpha value is -2.77. The Labute approximate surface area is 210 Å². The van der Waals surface area contributed by atoms with Crippen LogP contribution >= 0.6 is 12.4 Å². The summed E-state index contributed by atoms with van der Waals surface area (Å²) in [4.78, 5) is 50.4. The van der Waals surface area contributed by atoms with Gasteiger partial charge in [-0.15, -0.1) is 18.8 Å². The molecule has 2 atom stereocenters. The van der Waals surface area contributed by atoms with E-state index in [2.05, 4.69) is 16.6 Å². The van der Waals surface area contributed by atoms with Crippen molar-refractivity contribution < 1.29 is 28.0 Å². The van der Waals surface area contributed by atoms with Crippen LogP contribution in [-0.4, -0.2) is 54.9 Å². The largest absolute Gasteiger partial charge is 0.519 e. The molecule has 0 aromatic carbocycles. The third-order valence-electron chi connectivity index (χ3n) is 6.46. The lowest BCUT2D eigenvalue weighted by Crippen LogP contribution is -2.47. The Morgan fingerprint density at radius 3 is 2.66 bits per heavy atom. The first-order valence-corrected chi connectivity index (χ1v) is 11.9. The number of halogens is 1. The number of ether oxygens (including phenoxy) is 1. The van der Waals surface area contributed by atoms with E-state index in [-0.39, 0.29) is 54.7 Å². The number of nitrogens with zero attached hydrogens (tertiary/aromatic N) is 1. The van der Waals surface area contributed by atoms with Crippen LogP contribution in [0.5, 0.6) is 0 Å². The molecule has 1 unspecified atom stereocenters. The second-order valence-electron chi connectivity index (χ2n) is 8.94. The van der Waals surface area contributed by atoms with Crippen LogP contribution in [0, 0.1) is 31.1 Å². The summed E-state index contributed by atoms with van der Waals surface area (Å²) in [5.74, 6) is 1.25. The van der Waals surface area contributed by atoms with E-state index in [1.807, 2.05) is 0 Å². The molecule has 0 spiro atoms. The molecule has 0 bridgehead atoms. The van der Waals surface area contributed by atoms with Crippen LogP contribution in [0.4, 0.5) is 0 Å². The predicted molar refractivity (Wildman–Crippen MR) is 129 cm³/mol. The summed E-state index contributed by atoms with van der Waals surface area (Å²) >= 11 is 0. The van der Waals surface area contributed by atoms with Gasteiger partial charge in [-0.3, -0.25) is 14.4 Å². The molecule has 3 rings (SSSR count). The molecule has 194 valence electrons. The summed E-state index contributed by atoms with van der Waals surface area (Å²) in [6, 6.07) is -0.844. The number of amides is 2. The van der Waals surface area contributed by atoms with Gasteiger partial charge in [0.05, 0.1) is 12.3 Å². The van der Waals surface area contributed by atoms with Gasteiger partial charge in [-0.25, -0.2) is 4.79 Å². The van der Waals surface area contributed by atoms with Crippen molar-refractivity contribution in [2.45, 2.75) is 64.5 Å². The summed E-state index contributed by atoms with van der Waals surface area (Å²) in [5.41, 5.74) is 0. The lowest BCUT2D eigenvalue weighted by molar-refractivity contribution is -0.145. The van der Waals surface area contributed by atoms with Crippen molar-refractivity contribution in [2.24, 2.45) is 11.8 Å². The molecule has 2 N–H and O–H groups in total. The van der Waals surface area contributed by atoms with Crippen molar-refractivity contribution in [3.05, 3.63) is 22.1 Å². The molecule has 0 radical (unpaired) electrons. The van der Waals surface area contributed by atoms with Crippen LogP contribution in [-0.2, 0) is 25.7 Å². The molecule has 1 aromatic heterocycles. The minimum absolute atomic E-state index is 0. The lowest BCUT2D eigenvalue weighted by atomic mass is 9.92. The van der Waals surface area contributed by atoms with Gasteiger partial charge < -0.3 is 29.1 Å². The average Bonchev–Trinajstić information content (AvgIpc) is 3.18. The maximum atomic E-state index is 12.8. The van der Waals surface area contributed by atoms with Crippen LogP contribution < -0.4 is 16.5 Å². The standard InChI is InChI=1S/C24H33N3O7.ClH/c1-3-19(13-22(29)32-15-20-16(2)33-24(31)34-20)26-23(30)18-5-4-12-27(14-18)21(28)7-6-17-8-10-25-11-9-17;/h1,17-19,25H,4-15H2,2H3,(H,26,30);1H/t18-,19?;/m1./s1. The number of hydrogen-bond donors (Lipinski definition) is 2. The van der Waals surface area contributed by atoms with Gasteiger partial charge in [0.2, 0.25) is 11.8 Å². The molecule has 2 amide bonds. The van der Waals surface area contributed by atoms with E-state index < -0.39 is 17.8 Å². The van der Waals surface area contributed by atoms with Gasteiger partial charge in [-0.2, -0.15) is 0 Å². The van der Waals surface area contributed by atoms with Gasteiger partial charge in [-0.05, 0) is 58.0 Å². The fraction of sp³-hybridized carbons (Fsp3) is 0.667. The number of nitrogens with one attached hydrogen (secondary N) is 2. The van der Waals surface area contributed by atoms with E-state index in [9.17, 15) is 19.2 Å². The van der Waals surface area contributed by atoms with Crippen LogP contribution in [0.1, 0.15) is 56.5 Å². The molecule has 3 heterocycles. The number of likely N-dealkylation sites (tertiary alicyclic amines) is 1. The van der Waals surface area contributed by atoms with Gasteiger partial charge in [-0.1, -0.05) is 5.92 Å². The number of piperidine rings is 2. The molecule has 0 aliphatic carbocycles. The summed E-state index contributed by atoms with van der Waals surface area (Å²) in [6.45, 7) is 4.28.